The van der Waals surface area contributed by atoms with Crippen LogP contribution in [-0.4, -0.2) is 42.7 Å². The third-order valence-electron chi connectivity index (χ3n) is 3.08. The van der Waals surface area contributed by atoms with Gasteiger partial charge >= 0.3 is 0 Å². The van der Waals surface area contributed by atoms with Gasteiger partial charge in [-0.25, -0.2) is 4.89 Å². The zero-order chi connectivity index (χ0) is 15.0. The summed E-state index contributed by atoms with van der Waals surface area (Å²) >= 11 is 1.64. The van der Waals surface area contributed by atoms with Crippen LogP contribution in [0, 0.1) is 0 Å². The first kappa shape index (κ1) is 17.3. The third kappa shape index (κ3) is 5.35. The SMILES string of the molecule is CNC(=O)/C=C\N(C=O)C1CCC[C@@](C)(COOI)O1. The molecule has 0 saturated carbocycles. The van der Waals surface area contributed by atoms with E-state index in [2.05, 4.69) is 8.53 Å². The molecule has 0 radical (unpaired) electrons. The van der Waals surface area contributed by atoms with E-state index in [4.69, 9.17) is 9.62 Å². The van der Waals surface area contributed by atoms with E-state index in [-0.39, 0.29) is 12.5 Å². The number of carbonyl (C=O) groups is 2. The molecule has 0 spiro atoms. The smallest absolute Gasteiger partial charge is 0.245 e. The van der Waals surface area contributed by atoms with Gasteiger partial charge in [-0.05, 0) is 26.2 Å². The minimum absolute atomic E-state index is 0.276. The van der Waals surface area contributed by atoms with E-state index in [0.717, 1.165) is 12.8 Å². The van der Waals surface area contributed by atoms with Crippen LogP contribution in [0.5, 0.6) is 0 Å². The number of halogens is 1. The number of carbonyl (C=O) groups excluding carboxylic acids is 2. The summed E-state index contributed by atoms with van der Waals surface area (Å²) in [6.07, 6.45) is 5.35. The van der Waals surface area contributed by atoms with E-state index in [1.807, 2.05) is 6.92 Å². The quantitative estimate of drug-likeness (QED) is 0.230. The van der Waals surface area contributed by atoms with Gasteiger partial charge in [0.25, 0.3) is 0 Å². The Kier molecular flexibility index (Phi) is 7.41. The fourth-order valence-electron chi connectivity index (χ4n) is 2.00. The predicted molar refractivity (Wildman–Crippen MR) is 79.3 cm³/mol. The van der Waals surface area contributed by atoms with Gasteiger partial charge in [0.1, 0.15) is 12.8 Å². The van der Waals surface area contributed by atoms with Crippen molar-refractivity contribution in [2.45, 2.75) is 38.0 Å². The minimum Gasteiger partial charge on any atom is -0.356 e. The van der Waals surface area contributed by atoms with Crippen LogP contribution in [0.3, 0.4) is 0 Å². The van der Waals surface area contributed by atoms with E-state index in [9.17, 15) is 9.59 Å². The van der Waals surface area contributed by atoms with Gasteiger partial charge in [0.15, 0.2) is 23.0 Å². The first-order valence-electron chi connectivity index (χ1n) is 6.25. The maximum absolute atomic E-state index is 11.2. The highest BCUT2D eigenvalue weighted by Gasteiger charge is 2.35. The van der Waals surface area contributed by atoms with Crippen LogP contribution in [0.2, 0.25) is 0 Å². The van der Waals surface area contributed by atoms with Crippen LogP contribution >= 0.6 is 23.0 Å². The average molecular weight is 398 g/mol. The zero-order valence-corrected chi connectivity index (χ0v) is 13.7. The van der Waals surface area contributed by atoms with Gasteiger partial charge in [-0.15, -0.1) is 0 Å². The Morgan fingerprint density at radius 3 is 3.00 bits per heavy atom. The lowest BCUT2D eigenvalue weighted by molar-refractivity contribution is -0.249. The zero-order valence-electron chi connectivity index (χ0n) is 11.5. The number of nitrogens with zero attached hydrogens (tertiary/aromatic N) is 1. The molecule has 2 atom stereocenters. The van der Waals surface area contributed by atoms with Gasteiger partial charge < -0.3 is 10.1 Å². The monoisotopic (exact) mass is 398 g/mol. The van der Waals surface area contributed by atoms with Gasteiger partial charge in [0.2, 0.25) is 12.3 Å². The molecule has 1 heterocycles. The molecule has 2 amide bonds. The molecular weight excluding hydrogens is 379 g/mol. The van der Waals surface area contributed by atoms with E-state index in [1.165, 1.54) is 24.2 Å². The summed E-state index contributed by atoms with van der Waals surface area (Å²) in [5, 5.41) is 2.44. The van der Waals surface area contributed by atoms with Gasteiger partial charge in [-0.1, -0.05) is 0 Å². The Bertz CT molecular complexity index is 366. The molecule has 1 unspecified atom stereocenters. The molecule has 1 N–H and O–H groups in total. The van der Waals surface area contributed by atoms with E-state index < -0.39 is 11.8 Å². The maximum Gasteiger partial charge on any atom is 0.245 e. The van der Waals surface area contributed by atoms with Gasteiger partial charge in [0, 0.05) is 19.3 Å². The molecule has 1 aliphatic rings. The summed E-state index contributed by atoms with van der Waals surface area (Å²) in [4.78, 5) is 28.6. The lowest BCUT2D eigenvalue weighted by Crippen LogP contribution is -2.47. The van der Waals surface area contributed by atoms with Crippen LogP contribution in [0.4, 0.5) is 0 Å². The first-order chi connectivity index (χ1) is 9.54. The number of nitrogens with one attached hydrogen (secondary N) is 1. The van der Waals surface area contributed by atoms with Gasteiger partial charge in [-0.2, -0.15) is 3.22 Å². The summed E-state index contributed by atoms with van der Waals surface area (Å²) in [6, 6.07) is 0. The Labute approximate surface area is 132 Å². The van der Waals surface area contributed by atoms with Crippen molar-refractivity contribution in [2.24, 2.45) is 0 Å². The minimum atomic E-state index is -0.518. The lowest BCUT2D eigenvalue weighted by Gasteiger charge is -2.40. The maximum atomic E-state index is 11.2. The summed E-state index contributed by atoms with van der Waals surface area (Å²) in [6.45, 7) is 2.18. The van der Waals surface area contributed by atoms with Crippen LogP contribution in [-0.2, 0) is 22.4 Å². The van der Waals surface area contributed by atoms with Crippen LogP contribution in [0.15, 0.2) is 12.3 Å². The number of rotatable bonds is 7. The number of ether oxygens (including phenoxy) is 1. The second-order valence-corrected chi connectivity index (χ2v) is 5.08. The van der Waals surface area contributed by atoms with Crippen molar-refractivity contribution in [3.05, 3.63) is 12.3 Å². The highest BCUT2D eigenvalue weighted by Crippen LogP contribution is 2.30. The summed E-state index contributed by atoms with van der Waals surface area (Å²) < 4.78 is 10.5. The average Bonchev–Trinajstić information content (AvgIpc) is 2.45. The molecule has 1 rings (SSSR count). The Balaban J connectivity index is 2.65. The highest BCUT2D eigenvalue weighted by molar-refractivity contribution is 14.1. The Morgan fingerprint density at radius 1 is 1.65 bits per heavy atom. The Morgan fingerprint density at radius 2 is 2.40 bits per heavy atom. The molecule has 8 heteroatoms. The number of likely N-dealkylation sites (N-methyl/N-ethyl adjacent to an activating group) is 1. The molecule has 0 aromatic carbocycles. The normalized spacial score (nSPS) is 26.4. The van der Waals surface area contributed by atoms with Crippen molar-refractivity contribution in [1.82, 2.24) is 10.2 Å². The second kappa shape index (κ2) is 8.55. The van der Waals surface area contributed by atoms with E-state index >= 15 is 0 Å². The molecule has 0 aliphatic carbocycles. The molecule has 7 nitrogen and oxygen atoms in total. The Hall–Kier alpha value is -0.710. The fraction of sp³-hybridized carbons (Fsp3) is 0.667. The molecular formula is C12H19IN2O5. The van der Waals surface area contributed by atoms with Gasteiger partial charge in [-0.3, -0.25) is 14.5 Å². The lowest BCUT2D eigenvalue weighted by atomic mass is 9.95. The van der Waals surface area contributed by atoms with E-state index in [1.54, 1.807) is 23.0 Å². The van der Waals surface area contributed by atoms with Crippen molar-refractivity contribution in [2.75, 3.05) is 13.7 Å². The van der Waals surface area contributed by atoms with Crippen molar-refractivity contribution in [3.63, 3.8) is 0 Å². The highest BCUT2D eigenvalue weighted by atomic mass is 127. The van der Waals surface area contributed by atoms with Crippen LogP contribution in [0.25, 0.3) is 0 Å². The summed E-state index contributed by atoms with van der Waals surface area (Å²) in [5.74, 6) is -0.280. The molecule has 20 heavy (non-hydrogen) atoms. The molecule has 1 saturated heterocycles. The molecule has 1 fully saturated rings. The van der Waals surface area contributed by atoms with Crippen molar-refractivity contribution in [1.29, 1.82) is 0 Å². The molecule has 1 aliphatic heterocycles. The molecule has 0 aromatic heterocycles. The second-order valence-electron chi connectivity index (χ2n) is 4.72. The third-order valence-corrected chi connectivity index (χ3v) is 3.34. The van der Waals surface area contributed by atoms with Crippen molar-refractivity contribution in [3.8, 4) is 0 Å². The number of hydrogen-bond donors (Lipinski definition) is 1. The van der Waals surface area contributed by atoms with Crippen LogP contribution < -0.4 is 5.32 Å². The molecule has 0 bridgehead atoms. The number of amides is 2. The summed E-state index contributed by atoms with van der Waals surface area (Å²) in [5.41, 5.74) is -0.518. The summed E-state index contributed by atoms with van der Waals surface area (Å²) in [7, 11) is 1.52. The standard InChI is InChI=1S/C12H19IN2O5/c1-12(8-18-20-13)6-3-4-11(19-12)15(9-16)7-5-10(17)14-2/h5,7,9,11H,3-4,6,8H2,1-2H3,(H,14,17)/b7-5-/t11?,12-/m0/s1. The predicted octanol–water partition coefficient (Wildman–Crippen LogP) is 1.29. The van der Waals surface area contributed by atoms with Crippen LogP contribution in [0.1, 0.15) is 26.2 Å². The molecule has 0 aromatic rings. The van der Waals surface area contributed by atoms with E-state index in [0.29, 0.717) is 12.8 Å². The molecule has 114 valence electrons. The largest absolute Gasteiger partial charge is 0.356 e. The fourth-order valence-corrected chi connectivity index (χ4v) is 2.12. The van der Waals surface area contributed by atoms with Crippen molar-refractivity contribution >= 4 is 35.3 Å². The van der Waals surface area contributed by atoms with Gasteiger partial charge in [0.05, 0.1) is 5.60 Å². The topological polar surface area (TPSA) is 77.1 Å². The first-order valence-corrected chi connectivity index (χ1v) is 7.13. The van der Waals surface area contributed by atoms with Crippen molar-refractivity contribution < 1.29 is 22.4 Å². The number of hydrogen-bond acceptors (Lipinski definition) is 5.